The molecule has 0 atom stereocenters. The van der Waals surface area contributed by atoms with Crippen molar-refractivity contribution in [3.05, 3.63) is 94.5 Å². The SMILES string of the molecule is COc1ccc(C(=O)OC(=O)CCc2ccccc2)c(CCNS(=O)(=O)c2ccc(Cl)cc2)c1. The molecular formula is C25H24ClNO6S. The van der Waals surface area contributed by atoms with Crippen LogP contribution in [0.5, 0.6) is 5.75 Å². The molecule has 3 aromatic carbocycles. The molecule has 0 spiro atoms. The summed E-state index contributed by atoms with van der Waals surface area (Å²) in [7, 11) is -2.28. The molecule has 0 fully saturated rings. The number of sulfonamides is 1. The van der Waals surface area contributed by atoms with Gasteiger partial charge in [0.2, 0.25) is 10.0 Å². The maximum Gasteiger partial charge on any atom is 0.346 e. The van der Waals surface area contributed by atoms with Crippen LogP contribution in [0.15, 0.2) is 77.7 Å². The number of halogens is 1. The number of carbonyl (C=O) groups excluding carboxylic acids is 2. The lowest BCUT2D eigenvalue weighted by molar-refractivity contribution is -0.137. The summed E-state index contributed by atoms with van der Waals surface area (Å²) in [6.07, 6.45) is 0.684. The van der Waals surface area contributed by atoms with Crippen molar-refractivity contribution in [3.8, 4) is 5.75 Å². The van der Waals surface area contributed by atoms with E-state index >= 15 is 0 Å². The molecule has 34 heavy (non-hydrogen) atoms. The van der Waals surface area contributed by atoms with Gasteiger partial charge in [0.25, 0.3) is 0 Å². The van der Waals surface area contributed by atoms with Gasteiger partial charge in [0.05, 0.1) is 24.0 Å². The van der Waals surface area contributed by atoms with E-state index in [9.17, 15) is 18.0 Å². The lowest BCUT2D eigenvalue weighted by Gasteiger charge is -2.12. The fourth-order valence-electron chi connectivity index (χ4n) is 3.22. The monoisotopic (exact) mass is 501 g/mol. The van der Waals surface area contributed by atoms with Crippen molar-refractivity contribution in [2.24, 2.45) is 0 Å². The number of nitrogens with one attached hydrogen (secondary N) is 1. The zero-order valence-electron chi connectivity index (χ0n) is 18.5. The molecule has 3 aromatic rings. The minimum atomic E-state index is -3.76. The van der Waals surface area contributed by atoms with Crippen LogP contribution in [0.2, 0.25) is 5.02 Å². The van der Waals surface area contributed by atoms with Gasteiger partial charge < -0.3 is 9.47 Å². The van der Waals surface area contributed by atoms with E-state index in [2.05, 4.69) is 4.72 Å². The molecule has 0 bridgehead atoms. The van der Waals surface area contributed by atoms with Gasteiger partial charge in [-0.05, 0) is 66.4 Å². The minimum Gasteiger partial charge on any atom is -0.497 e. The van der Waals surface area contributed by atoms with Crippen LogP contribution < -0.4 is 9.46 Å². The molecule has 0 aromatic heterocycles. The molecule has 0 aliphatic heterocycles. The van der Waals surface area contributed by atoms with Gasteiger partial charge in [-0.3, -0.25) is 4.79 Å². The van der Waals surface area contributed by atoms with Crippen molar-refractivity contribution in [1.82, 2.24) is 4.72 Å². The largest absolute Gasteiger partial charge is 0.497 e. The van der Waals surface area contributed by atoms with E-state index in [1.165, 1.54) is 37.4 Å². The van der Waals surface area contributed by atoms with Crippen LogP contribution in [-0.4, -0.2) is 34.0 Å². The van der Waals surface area contributed by atoms with Crippen LogP contribution in [0.25, 0.3) is 0 Å². The first kappa shape index (κ1) is 25.4. The third-order valence-corrected chi connectivity index (χ3v) is 6.74. The van der Waals surface area contributed by atoms with E-state index in [4.69, 9.17) is 21.1 Å². The Hall–Kier alpha value is -3.20. The number of benzene rings is 3. The van der Waals surface area contributed by atoms with Crippen LogP contribution in [-0.2, 0) is 32.4 Å². The van der Waals surface area contributed by atoms with Crippen molar-refractivity contribution < 1.29 is 27.5 Å². The van der Waals surface area contributed by atoms with Crippen molar-refractivity contribution in [2.75, 3.05) is 13.7 Å². The third-order valence-electron chi connectivity index (χ3n) is 5.01. The molecule has 178 valence electrons. The Morgan fingerprint density at radius 2 is 1.65 bits per heavy atom. The minimum absolute atomic E-state index is 0.0142. The van der Waals surface area contributed by atoms with Crippen LogP contribution >= 0.6 is 11.6 Å². The normalized spacial score (nSPS) is 11.1. The lowest BCUT2D eigenvalue weighted by atomic mass is 10.0. The van der Waals surface area contributed by atoms with E-state index in [0.29, 0.717) is 22.8 Å². The van der Waals surface area contributed by atoms with Gasteiger partial charge in [-0.2, -0.15) is 0 Å². The Morgan fingerprint density at radius 1 is 0.941 bits per heavy atom. The van der Waals surface area contributed by atoms with Crippen molar-refractivity contribution >= 4 is 33.6 Å². The Kier molecular flexibility index (Phi) is 8.81. The molecule has 3 rings (SSSR count). The first-order chi connectivity index (χ1) is 16.3. The maximum absolute atomic E-state index is 12.7. The number of hydrogen-bond donors (Lipinski definition) is 1. The van der Waals surface area contributed by atoms with Crippen molar-refractivity contribution in [1.29, 1.82) is 0 Å². The Bertz CT molecular complexity index is 1240. The zero-order chi connectivity index (χ0) is 24.6. The number of rotatable bonds is 10. The Morgan fingerprint density at radius 3 is 2.32 bits per heavy atom. The topological polar surface area (TPSA) is 98.8 Å². The fourth-order valence-corrected chi connectivity index (χ4v) is 4.38. The van der Waals surface area contributed by atoms with Gasteiger partial charge in [-0.1, -0.05) is 41.9 Å². The van der Waals surface area contributed by atoms with Crippen LogP contribution in [0.4, 0.5) is 0 Å². The second-order valence-corrected chi connectivity index (χ2v) is 9.58. The Balaban J connectivity index is 1.64. The molecule has 0 heterocycles. The zero-order valence-corrected chi connectivity index (χ0v) is 20.1. The number of aryl methyl sites for hydroxylation is 1. The van der Waals surface area contributed by atoms with Gasteiger partial charge in [0.1, 0.15) is 5.75 Å². The quantitative estimate of drug-likeness (QED) is 0.330. The second kappa shape index (κ2) is 11.8. The van der Waals surface area contributed by atoms with Gasteiger partial charge >= 0.3 is 11.9 Å². The van der Waals surface area contributed by atoms with Crippen molar-refractivity contribution in [2.45, 2.75) is 24.2 Å². The molecule has 0 aliphatic rings. The van der Waals surface area contributed by atoms with E-state index < -0.39 is 22.0 Å². The van der Waals surface area contributed by atoms with Gasteiger partial charge in [-0.15, -0.1) is 0 Å². The molecule has 0 radical (unpaired) electrons. The standard InChI is InChI=1S/C25H24ClNO6S/c1-32-21-10-13-23(25(29)33-24(28)14-7-18-5-3-2-4-6-18)19(17-21)15-16-27-34(30,31)22-11-8-20(26)9-12-22/h2-6,8-13,17,27H,7,14-16H2,1H3. The number of hydrogen-bond acceptors (Lipinski definition) is 6. The predicted octanol–water partition coefficient (Wildman–Crippen LogP) is 4.19. The first-order valence-electron chi connectivity index (χ1n) is 10.5. The number of methoxy groups -OCH3 is 1. The molecule has 9 heteroatoms. The molecule has 1 N–H and O–H groups in total. The van der Waals surface area contributed by atoms with Crippen LogP contribution in [0, 0.1) is 0 Å². The molecule has 0 unspecified atom stereocenters. The summed E-state index contributed by atoms with van der Waals surface area (Å²) in [4.78, 5) is 24.9. The fraction of sp³-hybridized carbons (Fsp3) is 0.200. The smallest absolute Gasteiger partial charge is 0.346 e. The maximum atomic E-state index is 12.7. The highest BCUT2D eigenvalue weighted by Crippen LogP contribution is 2.20. The number of ether oxygens (including phenoxy) is 2. The van der Waals surface area contributed by atoms with Gasteiger partial charge in [-0.25, -0.2) is 17.9 Å². The van der Waals surface area contributed by atoms with Gasteiger partial charge in [0.15, 0.2) is 0 Å². The van der Waals surface area contributed by atoms with E-state index in [0.717, 1.165) is 5.56 Å². The average Bonchev–Trinajstić information content (AvgIpc) is 2.83. The summed E-state index contributed by atoms with van der Waals surface area (Å²) in [5.41, 5.74) is 1.61. The summed E-state index contributed by atoms with van der Waals surface area (Å²) < 4.78 is 37.7. The summed E-state index contributed by atoms with van der Waals surface area (Å²) in [6.45, 7) is 0.0142. The van der Waals surface area contributed by atoms with Crippen LogP contribution in [0.1, 0.15) is 27.9 Å². The highest BCUT2D eigenvalue weighted by Gasteiger charge is 2.19. The first-order valence-corrected chi connectivity index (χ1v) is 12.4. The Labute approximate surface area is 203 Å². The average molecular weight is 502 g/mol. The highest BCUT2D eigenvalue weighted by atomic mass is 35.5. The summed E-state index contributed by atoms with van der Waals surface area (Å²) in [5, 5.41) is 0.428. The number of esters is 2. The summed E-state index contributed by atoms with van der Waals surface area (Å²) in [6, 6.07) is 19.9. The second-order valence-electron chi connectivity index (χ2n) is 7.37. The summed E-state index contributed by atoms with van der Waals surface area (Å²) >= 11 is 5.81. The van der Waals surface area contributed by atoms with Crippen molar-refractivity contribution in [3.63, 3.8) is 0 Å². The molecule has 0 saturated heterocycles. The molecule has 7 nitrogen and oxygen atoms in total. The summed E-state index contributed by atoms with van der Waals surface area (Å²) in [5.74, 6) is -0.946. The molecular weight excluding hydrogens is 478 g/mol. The third kappa shape index (κ3) is 7.15. The van der Waals surface area contributed by atoms with E-state index in [-0.39, 0.29) is 29.8 Å². The van der Waals surface area contributed by atoms with Crippen LogP contribution in [0.3, 0.4) is 0 Å². The van der Waals surface area contributed by atoms with E-state index in [1.54, 1.807) is 12.1 Å². The van der Waals surface area contributed by atoms with E-state index in [1.807, 2.05) is 30.3 Å². The molecule has 0 aliphatic carbocycles. The highest BCUT2D eigenvalue weighted by molar-refractivity contribution is 7.89. The van der Waals surface area contributed by atoms with Gasteiger partial charge in [0, 0.05) is 11.6 Å². The molecule has 0 amide bonds. The predicted molar refractivity (Wildman–Crippen MR) is 129 cm³/mol. The lowest BCUT2D eigenvalue weighted by Crippen LogP contribution is -2.26. The molecule has 0 saturated carbocycles. The number of carbonyl (C=O) groups is 2.